The Morgan fingerprint density at radius 2 is 2.08 bits per heavy atom. The normalized spacial score (nSPS) is 12.1. The number of fused-ring (bicyclic) bond motifs is 1. The molecule has 130 valence electrons. The van der Waals surface area contributed by atoms with Gasteiger partial charge in [0.15, 0.2) is 0 Å². The van der Waals surface area contributed by atoms with Crippen LogP contribution in [-0.4, -0.2) is 31.8 Å². The number of hydrogen-bond acceptors (Lipinski definition) is 5. The minimum atomic E-state index is -4.29. The molecule has 0 unspecified atom stereocenters. The summed E-state index contributed by atoms with van der Waals surface area (Å²) in [6.45, 7) is 0. The summed E-state index contributed by atoms with van der Waals surface area (Å²) >= 11 is 1.32. The molecule has 3 rings (SSSR count). The monoisotopic (exact) mass is 379 g/mol. The number of benzene rings is 1. The van der Waals surface area contributed by atoms with E-state index in [-0.39, 0.29) is 5.56 Å². The van der Waals surface area contributed by atoms with Gasteiger partial charge in [-0.3, -0.25) is 9.36 Å². The fourth-order valence-electron chi connectivity index (χ4n) is 2.18. The molecule has 1 aromatic carbocycles. The summed E-state index contributed by atoms with van der Waals surface area (Å²) in [6, 6.07) is 5.19. The van der Waals surface area contributed by atoms with Crippen LogP contribution in [0.3, 0.4) is 0 Å². The maximum absolute atomic E-state index is 11.8. The molecule has 0 amide bonds. The van der Waals surface area contributed by atoms with Crippen LogP contribution < -0.4 is 10.3 Å². The van der Waals surface area contributed by atoms with Gasteiger partial charge in [-0.2, -0.15) is 0 Å². The van der Waals surface area contributed by atoms with E-state index >= 15 is 0 Å². The lowest BCUT2D eigenvalue weighted by molar-refractivity contribution is 0.386. The highest BCUT2D eigenvalue weighted by Crippen LogP contribution is 2.40. The van der Waals surface area contributed by atoms with Gasteiger partial charge in [0.05, 0.1) is 18.3 Å². The quantitative estimate of drug-likeness (QED) is 0.502. The molecule has 0 aliphatic rings. The van der Waals surface area contributed by atoms with Crippen molar-refractivity contribution in [3.63, 3.8) is 0 Å². The first-order valence-corrected chi connectivity index (χ1v) is 9.52. The molecule has 10 heteroatoms. The Labute approximate surface area is 146 Å². The van der Waals surface area contributed by atoms with E-state index in [1.54, 1.807) is 24.4 Å². The number of nitrogens with zero attached hydrogens (tertiary/aromatic N) is 1. The summed E-state index contributed by atoms with van der Waals surface area (Å²) in [5.41, 5.74) is 1.19. The molecular weight excluding hydrogens is 365 g/mol. The Morgan fingerprint density at radius 1 is 1.28 bits per heavy atom. The Morgan fingerprint density at radius 3 is 2.80 bits per heavy atom. The summed E-state index contributed by atoms with van der Waals surface area (Å²) in [5.74, 6) is 1.40. The molecule has 0 aliphatic carbocycles. The van der Waals surface area contributed by atoms with E-state index in [4.69, 9.17) is 14.5 Å². The molecule has 8 nitrogen and oxygen atoms in total. The van der Waals surface area contributed by atoms with Gasteiger partial charge in [-0.15, -0.1) is 0 Å². The fraction of sp³-hybridized carbons (Fsp3) is 0.0667. The molecule has 0 radical (unpaired) electrons. The van der Waals surface area contributed by atoms with Crippen LogP contribution in [-0.2, 0) is 4.57 Å². The summed E-state index contributed by atoms with van der Waals surface area (Å²) in [6.07, 6.45) is 4.34. The highest BCUT2D eigenvalue weighted by Gasteiger charge is 2.13. The number of ether oxygens (including phenoxy) is 1. The zero-order valence-electron chi connectivity index (χ0n) is 13.0. The Hall–Kier alpha value is -2.32. The van der Waals surface area contributed by atoms with Crippen molar-refractivity contribution >= 4 is 36.5 Å². The highest BCUT2D eigenvalue weighted by molar-refractivity contribution is 7.99. The van der Waals surface area contributed by atoms with Crippen molar-refractivity contribution in [3.8, 4) is 5.75 Å². The molecule has 0 saturated carbocycles. The molecule has 0 fully saturated rings. The predicted octanol–water partition coefficient (Wildman–Crippen LogP) is 2.56. The van der Waals surface area contributed by atoms with Gasteiger partial charge in [0.2, 0.25) is 0 Å². The number of H-pyrrole nitrogens is 2. The summed E-state index contributed by atoms with van der Waals surface area (Å²) in [4.78, 5) is 40.9. The van der Waals surface area contributed by atoms with E-state index < -0.39 is 7.60 Å². The van der Waals surface area contributed by atoms with E-state index in [0.29, 0.717) is 22.3 Å². The lowest BCUT2D eigenvalue weighted by Crippen LogP contribution is -2.05. The molecule has 0 spiro atoms. The van der Waals surface area contributed by atoms with Gasteiger partial charge in [-0.05, 0) is 29.8 Å². The molecule has 0 atom stereocenters. The van der Waals surface area contributed by atoms with Gasteiger partial charge in [0.1, 0.15) is 16.8 Å². The summed E-state index contributed by atoms with van der Waals surface area (Å²) < 4.78 is 16.3. The van der Waals surface area contributed by atoms with Gasteiger partial charge in [0.25, 0.3) is 5.56 Å². The molecule has 0 saturated heterocycles. The van der Waals surface area contributed by atoms with Gasteiger partial charge in [0, 0.05) is 16.9 Å². The lowest BCUT2D eigenvalue weighted by Gasteiger charge is -2.08. The second-order valence-corrected chi connectivity index (χ2v) is 7.58. The van der Waals surface area contributed by atoms with Crippen molar-refractivity contribution in [1.29, 1.82) is 0 Å². The number of hydrogen-bond donors (Lipinski definition) is 4. The predicted molar refractivity (Wildman–Crippen MR) is 94.9 cm³/mol. The third-order valence-corrected chi connectivity index (χ3v) is 4.98. The zero-order chi connectivity index (χ0) is 18.0. The minimum Gasteiger partial charge on any atom is -0.497 e. The van der Waals surface area contributed by atoms with E-state index in [9.17, 15) is 9.36 Å². The van der Waals surface area contributed by atoms with Crippen molar-refractivity contribution in [1.82, 2.24) is 15.0 Å². The highest BCUT2D eigenvalue weighted by atomic mass is 32.2. The fourth-order valence-corrected chi connectivity index (χ4v) is 3.52. The largest absolute Gasteiger partial charge is 0.497 e. The van der Waals surface area contributed by atoms with Crippen LogP contribution in [0.4, 0.5) is 0 Å². The molecule has 2 heterocycles. The molecule has 4 N–H and O–H groups in total. The van der Waals surface area contributed by atoms with Crippen LogP contribution in [0.2, 0.25) is 0 Å². The first-order chi connectivity index (χ1) is 11.9. The van der Waals surface area contributed by atoms with Crippen LogP contribution in [0.25, 0.3) is 17.1 Å². The third kappa shape index (κ3) is 4.02. The van der Waals surface area contributed by atoms with Crippen LogP contribution in [0.1, 0.15) is 5.56 Å². The Balaban J connectivity index is 2.04. The van der Waals surface area contributed by atoms with Gasteiger partial charge in [-0.1, -0.05) is 11.8 Å². The Bertz CT molecular complexity index is 1050. The van der Waals surface area contributed by atoms with E-state index in [0.717, 1.165) is 15.6 Å². The third-order valence-electron chi connectivity index (χ3n) is 3.32. The first kappa shape index (κ1) is 17.5. The number of rotatable bonds is 5. The summed E-state index contributed by atoms with van der Waals surface area (Å²) in [7, 11) is -2.78. The second-order valence-electron chi connectivity index (χ2n) is 5.02. The molecular formula is C15H14N3O5PS. The first-order valence-electron chi connectivity index (χ1n) is 7.02. The van der Waals surface area contributed by atoms with Crippen molar-refractivity contribution in [2.45, 2.75) is 9.79 Å². The number of methoxy groups -OCH3 is 1. The molecule has 25 heavy (non-hydrogen) atoms. The molecule has 0 bridgehead atoms. The van der Waals surface area contributed by atoms with Crippen molar-refractivity contribution < 1.29 is 19.1 Å². The summed E-state index contributed by atoms with van der Waals surface area (Å²) in [5, 5.41) is 0. The minimum absolute atomic E-state index is 0.270. The number of nitrogens with one attached hydrogen (secondary N) is 2. The lowest BCUT2D eigenvalue weighted by atomic mass is 10.2. The van der Waals surface area contributed by atoms with E-state index in [1.165, 1.54) is 31.3 Å². The van der Waals surface area contributed by atoms with Gasteiger partial charge in [-0.25, -0.2) is 4.98 Å². The molecule has 0 aliphatic heterocycles. The van der Waals surface area contributed by atoms with Crippen molar-refractivity contribution in [3.05, 3.63) is 52.5 Å². The van der Waals surface area contributed by atoms with E-state index in [2.05, 4.69) is 15.0 Å². The number of aromatic nitrogens is 3. The molecule has 2 aromatic heterocycles. The van der Waals surface area contributed by atoms with Crippen molar-refractivity contribution in [2.75, 3.05) is 7.11 Å². The second kappa shape index (κ2) is 6.89. The van der Waals surface area contributed by atoms with Gasteiger partial charge >= 0.3 is 7.60 Å². The van der Waals surface area contributed by atoms with Crippen molar-refractivity contribution in [2.24, 2.45) is 0 Å². The smallest absolute Gasteiger partial charge is 0.349 e. The average Bonchev–Trinajstić information content (AvgIpc) is 2.97. The maximum atomic E-state index is 11.8. The van der Waals surface area contributed by atoms with Crippen LogP contribution in [0.15, 0.2) is 51.1 Å². The average molecular weight is 379 g/mol. The zero-order valence-corrected chi connectivity index (χ0v) is 14.7. The van der Waals surface area contributed by atoms with E-state index in [1.807, 2.05) is 0 Å². The SMILES string of the molecule is COc1ccc(Sc2c[nH]c3c(=O)[nH]cnc23)c(/C=C/P(=O)(O)O)c1. The van der Waals surface area contributed by atoms with Gasteiger partial charge < -0.3 is 24.5 Å². The standard InChI is InChI=1S/C15H14N3O5PS/c1-23-10-2-3-11(9(6-10)4-5-24(20,21)22)25-12-7-16-14-13(12)17-8-18-15(14)19/h2-8,16H,1H3,(H,17,18,19)(H2,20,21,22)/b5-4+. The van der Waals surface area contributed by atoms with Crippen LogP contribution in [0, 0.1) is 0 Å². The van der Waals surface area contributed by atoms with Crippen LogP contribution >= 0.6 is 19.4 Å². The van der Waals surface area contributed by atoms with Crippen LogP contribution in [0.5, 0.6) is 5.75 Å². The maximum Gasteiger partial charge on any atom is 0.349 e. The topological polar surface area (TPSA) is 128 Å². The Kier molecular flexibility index (Phi) is 4.82. The molecule has 3 aromatic rings. The number of aromatic amines is 2.